The summed E-state index contributed by atoms with van der Waals surface area (Å²) in [6, 6.07) is 3.85. The topological polar surface area (TPSA) is 118 Å². The van der Waals surface area contributed by atoms with Crippen LogP contribution in [-0.4, -0.2) is 35.3 Å². The van der Waals surface area contributed by atoms with E-state index in [0.29, 0.717) is 23.3 Å². The Morgan fingerprint density at radius 1 is 1.45 bits per heavy atom. The molecule has 2 N–H and O–H groups in total. The molecule has 0 fully saturated rings. The molecule has 0 aliphatic heterocycles. The molecule has 3 heterocycles. The minimum atomic E-state index is -0.472. The van der Waals surface area contributed by atoms with Gasteiger partial charge in [0.05, 0.1) is 16.3 Å². The second kappa shape index (κ2) is 6.15. The summed E-state index contributed by atoms with van der Waals surface area (Å²) in [6.45, 7) is 0.514. The first-order chi connectivity index (χ1) is 10.6. The number of nitrogen functional groups attached to an aromatic ring is 1. The number of hydrogen-bond acceptors (Lipinski definition) is 8. The van der Waals surface area contributed by atoms with Crippen molar-refractivity contribution in [3.63, 3.8) is 0 Å². The van der Waals surface area contributed by atoms with Crippen molar-refractivity contribution in [3.05, 3.63) is 40.0 Å². The molecule has 0 aromatic carbocycles. The van der Waals surface area contributed by atoms with Gasteiger partial charge in [-0.15, -0.1) is 21.5 Å². The van der Waals surface area contributed by atoms with Crippen LogP contribution in [0.2, 0.25) is 0 Å². The van der Waals surface area contributed by atoms with Gasteiger partial charge in [0.25, 0.3) is 0 Å². The van der Waals surface area contributed by atoms with Crippen molar-refractivity contribution >= 4 is 28.8 Å². The van der Waals surface area contributed by atoms with Gasteiger partial charge in [0.1, 0.15) is 12.4 Å². The summed E-state index contributed by atoms with van der Waals surface area (Å²) in [6.07, 6.45) is 2.62. The van der Waals surface area contributed by atoms with E-state index in [1.807, 2.05) is 17.5 Å². The molecule has 0 spiro atoms. The highest BCUT2D eigenvalue weighted by Crippen LogP contribution is 2.25. The number of aryl methyl sites for hydroxylation is 1. The highest BCUT2D eigenvalue weighted by molar-refractivity contribution is 7.99. The normalized spacial score (nSPS) is 10.9. The Labute approximate surface area is 132 Å². The summed E-state index contributed by atoms with van der Waals surface area (Å²) in [5.41, 5.74) is -0.0213. The summed E-state index contributed by atoms with van der Waals surface area (Å²) >= 11 is 2.96. The van der Waals surface area contributed by atoms with E-state index in [1.54, 1.807) is 0 Å². The number of thioether (sulfide) groups is 1. The van der Waals surface area contributed by atoms with Crippen molar-refractivity contribution < 1.29 is 4.92 Å². The molecule has 3 rings (SSSR count). The lowest BCUT2D eigenvalue weighted by Gasteiger charge is -2.02. The van der Waals surface area contributed by atoms with Gasteiger partial charge in [-0.2, -0.15) is 5.10 Å². The fourth-order valence-corrected chi connectivity index (χ4v) is 3.24. The fraction of sp³-hybridized carbons (Fsp3) is 0.182. The molecule has 0 amide bonds. The lowest BCUT2D eigenvalue weighted by molar-refractivity contribution is -0.385. The van der Waals surface area contributed by atoms with Crippen LogP contribution < -0.4 is 5.84 Å². The summed E-state index contributed by atoms with van der Waals surface area (Å²) in [5, 5.41) is 25.2. The molecule has 0 aliphatic rings. The minimum absolute atomic E-state index is 0.0213. The minimum Gasteiger partial charge on any atom is -0.335 e. The van der Waals surface area contributed by atoms with Gasteiger partial charge in [0.15, 0.2) is 5.82 Å². The van der Waals surface area contributed by atoms with E-state index in [0.717, 1.165) is 4.88 Å². The summed E-state index contributed by atoms with van der Waals surface area (Å²) in [4.78, 5) is 11.1. The van der Waals surface area contributed by atoms with Gasteiger partial charge < -0.3 is 5.84 Å². The number of rotatable bonds is 6. The largest absolute Gasteiger partial charge is 0.335 e. The van der Waals surface area contributed by atoms with Crippen LogP contribution >= 0.6 is 23.1 Å². The standard InChI is InChI=1S/C11H11N7O2S2/c12-17-10(9-2-1-4-21-9)14-15-11(17)22-5-3-16-7-8(6-13-16)18(19)20/h1-2,4,6-7H,3,5,12H2. The van der Waals surface area contributed by atoms with Crippen molar-refractivity contribution in [2.24, 2.45) is 0 Å². The summed E-state index contributed by atoms with van der Waals surface area (Å²) in [7, 11) is 0. The predicted octanol–water partition coefficient (Wildman–Crippen LogP) is 1.62. The maximum absolute atomic E-state index is 10.6. The highest BCUT2D eigenvalue weighted by atomic mass is 32.2. The van der Waals surface area contributed by atoms with Crippen LogP contribution in [0.1, 0.15) is 0 Å². The summed E-state index contributed by atoms with van der Waals surface area (Å²) < 4.78 is 2.96. The molecule has 3 aromatic rings. The quantitative estimate of drug-likeness (QED) is 0.314. The van der Waals surface area contributed by atoms with E-state index in [4.69, 9.17) is 5.84 Å². The molecule has 22 heavy (non-hydrogen) atoms. The Kier molecular flexibility index (Phi) is 4.06. The second-order valence-corrected chi connectivity index (χ2v) is 6.23. The number of nitrogens with two attached hydrogens (primary N) is 1. The maximum atomic E-state index is 10.6. The first-order valence-corrected chi connectivity index (χ1v) is 8.05. The highest BCUT2D eigenvalue weighted by Gasteiger charge is 2.13. The number of nitrogens with zero attached hydrogens (tertiary/aromatic N) is 6. The Morgan fingerprint density at radius 2 is 2.32 bits per heavy atom. The predicted molar refractivity (Wildman–Crippen MR) is 83.1 cm³/mol. The molecule has 0 bridgehead atoms. The van der Waals surface area contributed by atoms with Crippen LogP contribution in [0, 0.1) is 10.1 Å². The molecular weight excluding hydrogens is 326 g/mol. The van der Waals surface area contributed by atoms with E-state index in [-0.39, 0.29) is 5.69 Å². The van der Waals surface area contributed by atoms with Crippen LogP contribution in [-0.2, 0) is 6.54 Å². The van der Waals surface area contributed by atoms with Gasteiger partial charge in [-0.3, -0.25) is 14.8 Å². The first kappa shape index (κ1) is 14.5. The fourth-order valence-electron chi connectivity index (χ4n) is 1.75. The van der Waals surface area contributed by atoms with Gasteiger partial charge in [-0.1, -0.05) is 17.8 Å². The first-order valence-electron chi connectivity index (χ1n) is 6.19. The Bertz CT molecular complexity index is 780. The van der Waals surface area contributed by atoms with Crippen LogP contribution in [0.3, 0.4) is 0 Å². The third-order valence-corrected chi connectivity index (χ3v) is 4.58. The lowest BCUT2D eigenvalue weighted by Crippen LogP contribution is -2.11. The molecule has 11 heteroatoms. The van der Waals surface area contributed by atoms with E-state index in [9.17, 15) is 10.1 Å². The SMILES string of the molecule is Nn1c(SCCn2cc([N+](=O)[O-])cn2)nnc1-c1cccs1. The molecular formula is C11H11N7O2S2. The summed E-state index contributed by atoms with van der Waals surface area (Å²) in [5.74, 6) is 7.23. The maximum Gasteiger partial charge on any atom is 0.306 e. The van der Waals surface area contributed by atoms with Crippen molar-refractivity contribution in [1.82, 2.24) is 24.7 Å². The third kappa shape index (κ3) is 2.94. The molecule has 0 saturated carbocycles. The van der Waals surface area contributed by atoms with Crippen molar-refractivity contribution in [2.75, 3.05) is 11.6 Å². The van der Waals surface area contributed by atoms with Crippen LogP contribution in [0.4, 0.5) is 5.69 Å². The van der Waals surface area contributed by atoms with Crippen molar-refractivity contribution in [2.45, 2.75) is 11.7 Å². The number of hydrogen-bond donors (Lipinski definition) is 1. The van der Waals surface area contributed by atoms with Gasteiger partial charge in [-0.25, -0.2) is 4.68 Å². The third-order valence-electron chi connectivity index (χ3n) is 2.79. The zero-order valence-electron chi connectivity index (χ0n) is 11.2. The molecule has 9 nitrogen and oxygen atoms in total. The van der Waals surface area contributed by atoms with E-state index < -0.39 is 4.92 Å². The molecule has 0 radical (unpaired) electrons. The molecule has 0 saturated heterocycles. The van der Waals surface area contributed by atoms with Gasteiger partial charge in [0.2, 0.25) is 5.16 Å². The molecule has 3 aromatic heterocycles. The van der Waals surface area contributed by atoms with E-state index in [1.165, 1.54) is 44.9 Å². The molecule has 0 atom stereocenters. The van der Waals surface area contributed by atoms with E-state index >= 15 is 0 Å². The number of thiophene rings is 1. The molecule has 0 unspecified atom stereocenters. The Morgan fingerprint density at radius 3 is 3.00 bits per heavy atom. The van der Waals surface area contributed by atoms with Crippen molar-refractivity contribution in [1.29, 1.82) is 0 Å². The lowest BCUT2D eigenvalue weighted by atomic mass is 10.4. The van der Waals surface area contributed by atoms with E-state index in [2.05, 4.69) is 15.3 Å². The van der Waals surface area contributed by atoms with Gasteiger partial charge >= 0.3 is 5.69 Å². The van der Waals surface area contributed by atoms with Crippen molar-refractivity contribution in [3.8, 4) is 10.7 Å². The smallest absolute Gasteiger partial charge is 0.306 e. The zero-order chi connectivity index (χ0) is 15.5. The van der Waals surface area contributed by atoms with Crippen LogP contribution in [0.25, 0.3) is 10.7 Å². The zero-order valence-corrected chi connectivity index (χ0v) is 12.8. The van der Waals surface area contributed by atoms with Crippen LogP contribution in [0.5, 0.6) is 0 Å². The monoisotopic (exact) mass is 337 g/mol. The van der Waals surface area contributed by atoms with Crippen LogP contribution in [0.15, 0.2) is 35.1 Å². The average molecular weight is 337 g/mol. The number of nitro groups is 1. The number of aromatic nitrogens is 5. The van der Waals surface area contributed by atoms with Gasteiger partial charge in [-0.05, 0) is 11.4 Å². The average Bonchev–Trinajstić information content (AvgIpc) is 3.20. The molecule has 114 valence electrons. The van der Waals surface area contributed by atoms with Gasteiger partial charge in [0, 0.05) is 5.75 Å². The molecule has 0 aliphatic carbocycles. The second-order valence-electron chi connectivity index (χ2n) is 4.22. The Hall–Kier alpha value is -2.40. The Balaban J connectivity index is 1.61.